The first kappa shape index (κ1) is 18.3. The van der Waals surface area contributed by atoms with Crippen molar-refractivity contribution in [3.05, 3.63) is 60.3 Å². The molecule has 0 bridgehead atoms. The zero-order valence-electron chi connectivity index (χ0n) is 15.7. The molecule has 7 heteroatoms. The van der Waals surface area contributed by atoms with Crippen LogP contribution in [0.1, 0.15) is 31.4 Å². The van der Waals surface area contributed by atoms with E-state index < -0.39 is 0 Å². The Morgan fingerprint density at radius 1 is 1.14 bits per heavy atom. The Kier molecular flexibility index (Phi) is 5.14. The lowest BCUT2D eigenvalue weighted by atomic mass is 9.95. The highest BCUT2D eigenvalue weighted by Gasteiger charge is 2.26. The summed E-state index contributed by atoms with van der Waals surface area (Å²) in [5, 5.41) is 3.05. The van der Waals surface area contributed by atoms with Crippen LogP contribution in [0.5, 0.6) is 0 Å². The molecule has 1 aliphatic heterocycles. The summed E-state index contributed by atoms with van der Waals surface area (Å²) in [6.07, 6.45) is 6.66. The fourth-order valence-corrected chi connectivity index (χ4v) is 3.59. The molecule has 3 heterocycles. The minimum Gasteiger partial charge on any atom is -0.370 e. The number of hydrogen-bond acceptors (Lipinski definition) is 5. The molecule has 0 spiro atoms. The standard InChI is InChI=1S/C21H22FN5O/c1-14(15-2-4-17(22)5-3-15)26-21(28)16-6-10-27(11-7-16)18-12-19-20(25-13-18)24-9-8-23-19/h2-5,8-9,12-14,16H,6-7,10-11H2,1H3,(H,26,28)/t14-/m1/s1. The van der Waals surface area contributed by atoms with Gasteiger partial charge >= 0.3 is 0 Å². The van der Waals surface area contributed by atoms with Gasteiger partial charge in [0.2, 0.25) is 5.91 Å². The first-order valence-corrected chi connectivity index (χ1v) is 9.48. The van der Waals surface area contributed by atoms with Crippen LogP contribution in [-0.2, 0) is 4.79 Å². The summed E-state index contributed by atoms with van der Waals surface area (Å²) in [4.78, 5) is 27.7. The number of amides is 1. The molecule has 0 unspecified atom stereocenters. The number of rotatable bonds is 4. The number of hydrogen-bond donors (Lipinski definition) is 1. The Labute approximate surface area is 162 Å². The van der Waals surface area contributed by atoms with Gasteiger partial charge < -0.3 is 10.2 Å². The Bertz CT molecular complexity index is 970. The molecule has 1 N–H and O–H groups in total. The van der Waals surface area contributed by atoms with Crippen molar-refractivity contribution in [2.24, 2.45) is 5.92 Å². The maximum Gasteiger partial charge on any atom is 0.223 e. The van der Waals surface area contributed by atoms with E-state index in [9.17, 15) is 9.18 Å². The van der Waals surface area contributed by atoms with E-state index in [-0.39, 0.29) is 23.7 Å². The van der Waals surface area contributed by atoms with E-state index in [2.05, 4.69) is 25.2 Å². The fraction of sp³-hybridized carbons (Fsp3) is 0.333. The van der Waals surface area contributed by atoms with Gasteiger partial charge in [0.1, 0.15) is 11.3 Å². The number of fused-ring (bicyclic) bond motifs is 1. The molecule has 1 aromatic carbocycles. The molecule has 0 saturated carbocycles. The number of pyridine rings is 1. The molecule has 1 fully saturated rings. The molecule has 0 aliphatic carbocycles. The number of benzene rings is 1. The summed E-state index contributed by atoms with van der Waals surface area (Å²) >= 11 is 0. The zero-order chi connectivity index (χ0) is 19.5. The second kappa shape index (κ2) is 7.88. The third-order valence-corrected chi connectivity index (χ3v) is 5.27. The minimum absolute atomic E-state index is 0.0210. The molecule has 4 rings (SSSR count). The Morgan fingerprint density at radius 2 is 1.86 bits per heavy atom. The van der Waals surface area contributed by atoms with Crippen LogP contribution in [0.2, 0.25) is 0 Å². The van der Waals surface area contributed by atoms with E-state index in [1.54, 1.807) is 24.5 Å². The highest BCUT2D eigenvalue weighted by Crippen LogP contribution is 2.25. The molecule has 0 radical (unpaired) electrons. The van der Waals surface area contributed by atoms with Crippen LogP contribution in [0.4, 0.5) is 10.1 Å². The van der Waals surface area contributed by atoms with Crippen LogP contribution in [0.3, 0.4) is 0 Å². The summed E-state index contributed by atoms with van der Waals surface area (Å²) in [6.45, 7) is 3.50. The summed E-state index contributed by atoms with van der Waals surface area (Å²) in [7, 11) is 0. The highest BCUT2D eigenvalue weighted by molar-refractivity contribution is 5.79. The topological polar surface area (TPSA) is 71.0 Å². The second-order valence-corrected chi connectivity index (χ2v) is 7.14. The van der Waals surface area contributed by atoms with Gasteiger partial charge in [0.25, 0.3) is 0 Å². The van der Waals surface area contributed by atoms with Gasteiger partial charge in [0, 0.05) is 31.4 Å². The van der Waals surface area contributed by atoms with E-state index in [1.807, 2.05) is 19.2 Å². The van der Waals surface area contributed by atoms with E-state index >= 15 is 0 Å². The highest BCUT2D eigenvalue weighted by atomic mass is 19.1. The van der Waals surface area contributed by atoms with Crippen molar-refractivity contribution in [3.8, 4) is 0 Å². The van der Waals surface area contributed by atoms with E-state index in [0.717, 1.165) is 42.7 Å². The largest absolute Gasteiger partial charge is 0.370 e. The van der Waals surface area contributed by atoms with Gasteiger partial charge in [0.15, 0.2) is 5.65 Å². The predicted molar refractivity (Wildman–Crippen MR) is 105 cm³/mol. The van der Waals surface area contributed by atoms with Crippen molar-refractivity contribution < 1.29 is 9.18 Å². The summed E-state index contributed by atoms with van der Waals surface area (Å²) in [5.74, 6) is -0.241. The van der Waals surface area contributed by atoms with Crippen molar-refractivity contribution in [1.29, 1.82) is 0 Å². The summed E-state index contributed by atoms with van der Waals surface area (Å²) < 4.78 is 13.1. The number of halogens is 1. The zero-order valence-corrected chi connectivity index (χ0v) is 15.7. The average Bonchev–Trinajstić information content (AvgIpc) is 2.74. The predicted octanol–water partition coefficient (Wildman–Crippen LogP) is 3.26. The van der Waals surface area contributed by atoms with Crippen molar-refractivity contribution in [3.63, 3.8) is 0 Å². The monoisotopic (exact) mass is 379 g/mol. The Balaban J connectivity index is 1.35. The summed E-state index contributed by atoms with van der Waals surface area (Å²) in [5.41, 5.74) is 3.31. The lowest BCUT2D eigenvalue weighted by Gasteiger charge is -2.33. The number of carbonyl (C=O) groups excluding carboxylic acids is 1. The van der Waals surface area contributed by atoms with Crippen molar-refractivity contribution in [2.75, 3.05) is 18.0 Å². The molecule has 1 atom stereocenters. The SMILES string of the molecule is C[C@@H](NC(=O)C1CCN(c2cnc3nccnc3c2)CC1)c1ccc(F)cc1. The molecule has 2 aromatic heterocycles. The quantitative estimate of drug-likeness (QED) is 0.753. The molecule has 6 nitrogen and oxygen atoms in total. The smallest absolute Gasteiger partial charge is 0.223 e. The lowest BCUT2D eigenvalue weighted by molar-refractivity contribution is -0.126. The van der Waals surface area contributed by atoms with Crippen LogP contribution in [0.25, 0.3) is 11.2 Å². The van der Waals surface area contributed by atoms with Crippen LogP contribution >= 0.6 is 0 Å². The van der Waals surface area contributed by atoms with Crippen LogP contribution in [-0.4, -0.2) is 33.9 Å². The third-order valence-electron chi connectivity index (χ3n) is 5.27. The van der Waals surface area contributed by atoms with Crippen LogP contribution in [0.15, 0.2) is 48.9 Å². The first-order valence-electron chi connectivity index (χ1n) is 9.48. The molecule has 1 amide bonds. The maximum atomic E-state index is 13.1. The molecule has 3 aromatic rings. The van der Waals surface area contributed by atoms with Gasteiger partial charge in [-0.25, -0.2) is 14.4 Å². The third kappa shape index (κ3) is 3.93. The van der Waals surface area contributed by atoms with Gasteiger partial charge in [-0.2, -0.15) is 0 Å². The summed E-state index contributed by atoms with van der Waals surface area (Å²) in [6, 6.07) is 8.09. The molecular weight excluding hydrogens is 357 g/mol. The van der Waals surface area contributed by atoms with E-state index in [4.69, 9.17) is 0 Å². The van der Waals surface area contributed by atoms with Crippen molar-refractivity contribution in [2.45, 2.75) is 25.8 Å². The van der Waals surface area contributed by atoms with Gasteiger partial charge in [-0.15, -0.1) is 0 Å². The van der Waals surface area contributed by atoms with Gasteiger partial charge in [-0.3, -0.25) is 9.78 Å². The van der Waals surface area contributed by atoms with E-state index in [0.29, 0.717) is 5.65 Å². The first-order chi connectivity index (χ1) is 13.6. The number of nitrogens with zero attached hydrogens (tertiary/aromatic N) is 4. The molecule has 1 aliphatic rings. The van der Waals surface area contributed by atoms with Gasteiger partial charge in [-0.05, 0) is 43.5 Å². The Hall–Kier alpha value is -3.09. The minimum atomic E-state index is -0.274. The number of carbonyl (C=O) groups is 1. The Morgan fingerprint density at radius 3 is 2.61 bits per heavy atom. The molecule has 1 saturated heterocycles. The van der Waals surface area contributed by atoms with Crippen LogP contribution < -0.4 is 10.2 Å². The van der Waals surface area contributed by atoms with E-state index in [1.165, 1.54) is 12.1 Å². The maximum absolute atomic E-state index is 13.1. The van der Waals surface area contributed by atoms with Crippen LogP contribution in [0, 0.1) is 11.7 Å². The fourth-order valence-electron chi connectivity index (χ4n) is 3.59. The van der Waals surface area contributed by atoms with Crippen molar-refractivity contribution in [1.82, 2.24) is 20.3 Å². The number of piperidine rings is 1. The molecule has 144 valence electrons. The average molecular weight is 379 g/mol. The lowest BCUT2D eigenvalue weighted by Crippen LogP contribution is -2.41. The second-order valence-electron chi connectivity index (χ2n) is 7.14. The normalized spacial score (nSPS) is 16.1. The van der Waals surface area contributed by atoms with Crippen molar-refractivity contribution >= 4 is 22.8 Å². The molecule has 28 heavy (non-hydrogen) atoms. The molecular formula is C21H22FN5O. The van der Waals surface area contributed by atoms with Gasteiger partial charge in [-0.1, -0.05) is 12.1 Å². The number of anilines is 1. The number of nitrogens with one attached hydrogen (secondary N) is 1. The van der Waals surface area contributed by atoms with Gasteiger partial charge in [0.05, 0.1) is 17.9 Å². The number of aromatic nitrogens is 3.